The minimum Gasteiger partial charge on any atom is -0.336 e. The quantitative estimate of drug-likeness (QED) is 0.586. The molecular formula is C18H22Cl2N2S. The van der Waals surface area contributed by atoms with Gasteiger partial charge in [-0.05, 0) is 36.5 Å². The van der Waals surface area contributed by atoms with Crippen LogP contribution in [0.4, 0.5) is 0 Å². The summed E-state index contributed by atoms with van der Waals surface area (Å²) >= 11 is 14.2. The van der Waals surface area contributed by atoms with Gasteiger partial charge in [0.25, 0.3) is 0 Å². The Morgan fingerprint density at radius 3 is 2.78 bits per heavy atom. The maximum absolute atomic E-state index is 6.19. The normalized spacial score (nSPS) is 22.9. The van der Waals surface area contributed by atoms with E-state index in [0.717, 1.165) is 18.4 Å². The van der Waals surface area contributed by atoms with Gasteiger partial charge in [0.2, 0.25) is 0 Å². The average Bonchev–Trinajstić information content (AvgIpc) is 3.04. The van der Waals surface area contributed by atoms with Crippen LogP contribution in [0.25, 0.3) is 0 Å². The number of rotatable bonds is 5. The molecule has 0 aliphatic heterocycles. The fraction of sp³-hybridized carbons (Fsp3) is 0.500. The van der Waals surface area contributed by atoms with Gasteiger partial charge in [0.05, 0.1) is 16.4 Å². The molecule has 1 heterocycles. The molecule has 0 N–H and O–H groups in total. The van der Waals surface area contributed by atoms with E-state index in [4.69, 9.17) is 23.2 Å². The van der Waals surface area contributed by atoms with Crippen molar-refractivity contribution < 1.29 is 0 Å². The van der Waals surface area contributed by atoms with Crippen LogP contribution in [0.5, 0.6) is 0 Å². The minimum atomic E-state index is 0.525. The Labute approximate surface area is 152 Å². The summed E-state index contributed by atoms with van der Waals surface area (Å²) in [5.74, 6) is 1.50. The number of benzene rings is 1. The summed E-state index contributed by atoms with van der Waals surface area (Å²) in [6.07, 6.45) is 11.2. The van der Waals surface area contributed by atoms with Crippen molar-refractivity contribution in [3.05, 3.63) is 47.0 Å². The van der Waals surface area contributed by atoms with Crippen molar-refractivity contribution in [1.29, 1.82) is 0 Å². The van der Waals surface area contributed by atoms with Gasteiger partial charge in [-0.15, -0.1) is 11.8 Å². The first-order chi connectivity index (χ1) is 11.1. The van der Waals surface area contributed by atoms with Crippen LogP contribution in [0.15, 0.2) is 41.8 Å². The monoisotopic (exact) mass is 368 g/mol. The molecule has 0 bridgehead atoms. The topological polar surface area (TPSA) is 17.8 Å². The standard InChI is InChI=1S/C18H22Cl2N2S/c1-13-4-2-3-5-15(13)18(11-22-9-8-21-12-22)23-14-6-7-16(19)17(20)10-14/h6-10,12-13,15,18H,2-5,11H2,1H3. The van der Waals surface area contributed by atoms with Crippen LogP contribution in [-0.4, -0.2) is 14.8 Å². The van der Waals surface area contributed by atoms with Gasteiger partial charge in [-0.1, -0.05) is 49.4 Å². The second-order valence-electron chi connectivity index (χ2n) is 6.42. The van der Waals surface area contributed by atoms with Crippen LogP contribution in [0, 0.1) is 11.8 Å². The van der Waals surface area contributed by atoms with Crippen molar-refractivity contribution in [2.45, 2.75) is 49.3 Å². The van der Waals surface area contributed by atoms with Gasteiger partial charge >= 0.3 is 0 Å². The highest BCUT2D eigenvalue weighted by atomic mass is 35.5. The molecule has 1 aromatic heterocycles. The number of imidazole rings is 1. The molecule has 0 amide bonds. The van der Waals surface area contributed by atoms with Crippen LogP contribution < -0.4 is 0 Å². The third-order valence-electron chi connectivity index (χ3n) is 4.78. The van der Waals surface area contributed by atoms with E-state index in [1.54, 1.807) is 0 Å². The van der Waals surface area contributed by atoms with Gasteiger partial charge < -0.3 is 4.57 Å². The summed E-state index contributed by atoms with van der Waals surface area (Å²) in [6.45, 7) is 3.39. The molecule has 3 unspecified atom stereocenters. The molecule has 1 aliphatic rings. The van der Waals surface area contributed by atoms with Crippen LogP contribution in [0.2, 0.25) is 10.0 Å². The molecular weight excluding hydrogens is 347 g/mol. The van der Waals surface area contributed by atoms with Gasteiger partial charge in [0.15, 0.2) is 0 Å². The Morgan fingerprint density at radius 2 is 2.09 bits per heavy atom. The Kier molecular flexibility index (Phi) is 5.95. The van der Waals surface area contributed by atoms with Crippen molar-refractivity contribution in [2.24, 2.45) is 11.8 Å². The molecule has 1 saturated carbocycles. The van der Waals surface area contributed by atoms with E-state index in [1.165, 1.54) is 30.6 Å². The van der Waals surface area contributed by atoms with E-state index in [0.29, 0.717) is 15.3 Å². The minimum absolute atomic E-state index is 0.525. The summed E-state index contributed by atoms with van der Waals surface area (Å²) < 4.78 is 2.19. The zero-order chi connectivity index (χ0) is 16.2. The molecule has 1 aliphatic carbocycles. The molecule has 5 heteroatoms. The smallest absolute Gasteiger partial charge is 0.0946 e. The van der Waals surface area contributed by atoms with Crippen LogP contribution in [0.1, 0.15) is 32.6 Å². The fourth-order valence-electron chi connectivity index (χ4n) is 3.48. The highest BCUT2D eigenvalue weighted by molar-refractivity contribution is 8.00. The first-order valence-corrected chi connectivity index (χ1v) is 9.84. The van der Waals surface area contributed by atoms with Crippen LogP contribution in [0.3, 0.4) is 0 Å². The lowest BCUT2D eigenvalue weighted by molar-refractivity contribution is 0.240. The number of halogens is 2. The summed E-state index contributed by atoms with van der Waals surface area (Å²) in [4.78, 5) is 5.38. The lowest BCUT2D eigenvalue weighted by atomic mass is 9.78. The maximum atomic E-state index is 6.19. The van der Waals surface area contributed by atoms with Crippen molar-refractivity contribution in [2.75, 3.05) is 0 Å². The molecule has 1 aromatic carbocycles. The van der Waals surface area contributed by atoms with Gasteiger partial charge in [-0.2, -0.15) is 0 Å². The van der Waals surface area contributed by atoms with Crippen molar-refractivity contribution >= 4 is 35.0 Å². The highest BCUT2D eigenvalue weighted by Crippen LogP contribution is 2.41. The Morgan fingerprint density at radius 1 is 1.26 bits per heavy atom. The summed E-state index contributed by atoms with van der Waals surface area (Å²) in [5.41, 5.74) is 0. The summed E-state index contributed by atoms with van der Waals surface area (Å²) in [6, 6.07) is 5.96. The van der Waals surface area contributed by atoms with Crippen molar-refractivity contribution in [3.8, 4) is 0 Å². The van der Waals surface area contributed by atoms with E-state index in [-0.39, 0.29) is 0 Å². The van der Waals surface area contributed by atoms with Crippen molar-refractivity contribution in [1.82, 2.24) is 9.55 Å². The number of hydrogen-bond acceptors (Lipinski definition) is 2. The molecule has 0 saturated heterocycles. The molecule has 0 spiro atoms. The molecule has 23 heavy (non-hydrogen) atoms. The fourth-order valence-corrected chi connectivity index (χ4v) is 5.36. The zero-order valence-corrected chi connectivity index (χ0v) is 15.6. The predicted molar refractivity (Wildman–Crippen MR) is 99.5 cm³/mol. The van der Waals surface area contributed by atoms with E-state index in [9.17, 15) is 0 Å². The summed E-state index contributed by atoms with van der Waals surface area (Å²) in [5, 5.41) is 1.78. The number of nitrogens with zero attached hydrogens (tertiary/aromatic N) is 2. The average molecular weight is 369 g/mol. The third-order valence-corrected chi connectivity index (χ3v) is 6.85. The van der Waals surface area contributed by atoms with Gasteiger partial charge in [-0.25, -0.2) is 4.98 Å². The molecule has 124 valence electrons. The van der Waals surface area contributed by atoms with Gasteiger partial charge in [-0.3, -0.25) is 0 Å². The van der Waals surface area contributed by atoms with Crippen molar-refractivity contribution in [3.63, 3.8) is 0 Å². The van der Waals surface area contributed by atoms with E-state index in [2.05, 4.69) is 28.7 Å². The summed E-state index contributed by atoms with van der Waals surface area (Å²) in [7, 11) is 0. The predicted octanol–water partition coefficient (Wildman–Crippen LogP) is 6.18. The zero-order valence-electron chi connectivity index (χ0n) is 13.3. The Balaban J connectivity index is 1.80. The van der Waals surface area contributed by atoms with E-state index < -0.39 is 0 Å². The first kappa shape index (κ1) is 17.2. The first-order valence-electron chi connectivity index (χ1n) is 8.21. The van der Waals surface area contributed by atoms with Gasteiger partial charge in [0.1, 0.15) is 0 Å². The lowest BCUT2D eigenvalue weighted by Gasteiger charge is -2.35. The number of hydrogen-bond donors (Lipinski definition) is 0. The Hall–Kier alpha value is -0.640. The van der Waals surface area contributed by atoms with Crippen LogP contribution >= 0.6 is 35.0 Å². The van der Waals surface area contributed by atoms with E-state index in [1.807, 2.05) is 36.4 Å². The molecule has 3 atom stereocenters. The molecule has 3 rings (SSSR count). The second-order valence-corrected chi connectivity index (χ2v) is 8.54. The Bertz CT molecular complexity index is 630. The molecule has 1 fully saturated rings. The van der Waals surface area contributed by atoms with Gasteiger partial charge in [0, 0.05) is 29.1 Å². The number of thioether (sulfide) groups is 1. The molecule has 2 nitrogen and oxygen atoms in total. The lowest BCUT2D eigenvalue weighted by Crippen LogP contribution is -2.30. The SMILES string of the molecule is CC1CCCCC1C(Cn1ccnc1)Sc1ccc(Cl)c(Cl)c1. The maximum Gasteiger partial charge on any atom is 0.0946 e. The molecule has 2 aromatic rings. The number of aromatic nitrogens is 2. The highest BCUT2D eigenvalue weighted by Gasteiger charge is 2.30. The largest absolute Gasteiger partial charge is 0.336 e. The molecule has 0 radical (unpaired) electrons. The third kappa shape index (κ3) is 4.46. The van der Waals surface area contributed by atoms with E-state index >= 15 is 0 Å². The van der Waals surface area contributed by atoms with Crippen LogP contribution in [-0.2, 0) is 6.54 Å². The second kappa shape index (κ2) is 7.96.